The number of rotatable bonds is 6. The third-order valence-corrected chi connectivity index (χ3v) is 4.20. The number of aliphatic hydroxyl groups excluding tert-OH is 1. The molecule has 132 valence electrons. The number of amides is 1. The lowest BCUT2D eigenvalue weighted by Crippen LogP contribution is -2.49. The van der Waals surface area contributed by atoms with Gasteiger partial charge >= 0.3 is 0 Å². The number of aliphatic hydroxyl groups is 1. The Morgan fingerprint density at radius 3 is 2.42 bits per heavy atom. The summed E-state index contributed by atoms with van der Waals surface area (Å²) in [4.78, 5) is 16.6. The molecule has 1 fully saturated rings. The number of carbonyl (C=O) groups is 1. The molecular weight excluding hydrogens is 308 g/mol. The molecule has 0 aromatic heterocycles. The van der Waals surface area contributed by atoms with Gasteiger partial charge in [0.25, 0.3) is 0 Å². The number of carbonyl (C=O) groups excluding carboxylic acids is 1. The lowest BCUT2D eigenvalue weighted by molar-refractivity contribution is -0.128. The predicted molar refractivity (Wildman–Crippen MR) is 93.3 cm³/mol. The van der Waals surface area contributed by atoms with Gasteiger partial charge in [-0.05, 0) is 30.7 Å². The summed E-state index contributed by atoms with van der Waals surface area (Å²) in [6.45, 7) is 5.64. The molecule has 6 heteroatoms. The summed E-state index contributed by atoms with van der Waals surface area (Å²) in [6, 6.07) is 5.59. The van der Waals surface area contributed by atoms with Crippen LogP contribution in [0.25, 0.3) is 6.08 Å². The minimum atomic E-state index is 0.0495. The Kier molecular flexibility index (Phi) is 6.63. The smallest absolute Gasteiger partial charge is 0.249 e. The fourth-order valence-electron chi connectivity index (χ4n) is 2.82. The molecule has 0 saturated carbocycles. The second kappa shape index (κ2) is 8.70. The predicted octanol–water partition coefficient (Wildman–Crippen LogP) is 1.24. The number of hydrogen-bond acceptors (Lipinski definition) is 5. The van der Waals surface area contributed by atoms with Crippen molar-refractivity contribution in [2.45, 2.75) is 6.92 Å². The van der Waals surface area contributed by atoms with E-state index in [9.17, 15) is 4.79 Å². The van der Waals surface area contributed by atoms with Crippen molar-refractivity contribution in [3.05, 3.63) is 29.3 Å². The Hall–Kier alpha value is -2.05. The van der Waals surface area contributed by atoms with E-state index >= 15 is 0 Å². The van der Waals surface area contributed by atoms with Crippen molar-refractivity contribution in [3.63, 3.8) is 0 Å². The number of methoxy groups -OCH3 is 2. The fraction of sp³-hybridized carbons (Fsp3) is 0.500. The van der Waals surface area contributed by atoms with Gasteiger partial charge in [-0.15, -0.1) is 0 Å². The minimum Gasteiger partial charge on any atom is -0.493 e. The molecule has 1 N–H and O–H groups in total. The highest BCUT2D eigenvalue weighted by Gasteiger charge is 2.21. The van der Waals surface area contributed by atoms with E-state index in [0.717, 1.165) is 18.7 Å². The van der Waals surface area contributed by atoms with Crippen LogP contribution in [0.3, 0.4) is 0 Å². The number of hydrogen-bond donors (Lipinski definition) is 1. The first kappa shape index (κ1) is 18.3. The van der Waals surface area contributed by atoms with Crippen LogP contribution in [0.2, 0.25) is 0 Å². The van der Waals surface area contributed by atoms with Crippen molar-refractivity contribution in [1.82, 2.24) is 9.80 Å². The summed E-state index contributed by atoms with van der Waals surface area (Å²) in [7, 11) is 3.19. The fourth-order valence-corrected chi connectivity index (χ4v) is 2.82. The largest absolute Gasteiger partial charge is 0.493 e. The monoisotopic (exact) mass is 334 g/mol. The van der Waals surface area contributed by atoms with Gasteiger partial charge in [0.1, 0.15) is 0 Å². The zero-order valence-electron chi connectivity index (χ0n) is 14.6. The lowest BCUT2D eigenvalue weighted by Gasteiger charge is -2.34. The van der Waals surface area contributed by atoms with Gasteiger partial charge in [0, 0.05) is 38.3 Å². The molecule has 1 amide bonds. The van der Waals surface area contributed by atoms with Crippen molar-refractivity contribution >= 4 is 12.0 Å². The average Bonchev–Trinajstić information content (AvgIpc) is 2.61. The average molecular weight is 334 g/mol. The summed E-state index contributed by atoms with van der Waals surface area (Å²) in [5.74, 6) is 1.36. The van der Waals surface area contributed by atoms with E-state index in [1.165, 1.54) is 0 Å². The van der Waals surface area contributed by atoms with Crippen LogP contribution in [0.5, 0.6) is 11.5 Å². The van der Waals surface area contributed by atoms with E-state index in [1.807, 2.05) is 36.1 Å². The Bertz CT molecular complexity index is 593. The molecule has 0 bridgehead atoms. The van der Waals surface area contributed by atoms with Crippen LogP contribution in [0, 0.1) is 0 Å². The zero-order valence-corrected chi connectivity index (χ0v) is 14.6. The van der Waals surface area contributed by atoms with E-state index in [4.69, 9.17) is 14.6 Å². The molecule has 2 rings (SSSR count). The van der Waals surface area contributed by atoms with Crippen molar-refractivity contribution in [2.24, 2.45) is 0 Å². The highest BCUT2D eigenvalue weighted by atomic mass is 16.5. The molecule has 1 aromatic carbocycles. The first-order chi connectivity index (χ1) is 11.6. The van der Waals surface area contributed by atoms with Gasteiger partial charge in [-0.3, -0.25) is 9.69 Å². The number of nitrogens with zero attached hydrogens (tertiary/aromatic N) is 2. The molecule has 0 atom stereocenters. The van der Waals surface area contributed by atoms with E-state index in [-0.39, 0.29) is 12.5 Å². The van der Waals surface area contributed by atoms with Gasteiger partial charge in [0.2, 0.25) is 5.91 Å². The molecule has 1 aromatic rings. The van der Waals surface area contributed by atoms with Crippen LogP contribution < -0.4 is 9.47 Å². The lowest BCUT2D eigenvalue weighted by atomic mass is 10.1. The standard InChI is InChI=1S/C18H26N2O4/c1-14(12-15-4-5-16(23-2)17(13-15)24-3)18(22)20-8-6-19(7-9-20)10-11-21/h4-5,12-13,21H,6-11H2,1-3H3/b14-12+. The summed E-state index contributed by atoms with van der Waals surface area (Å²) in [5, 5.41) is 8.98. The Labute approximate surface area is 143 Å². The molecule has 1 saturated heterocycles. The van der Waals surface area contributed by atoms with Crippen LogP contribution in [0.15, 0.2) is 23.8 Å². The van der Waals surface area contributed by atoms with Crippen LogP contribution in [0.4, 0.5) is 0 Å². The normalized spacial score (nSPS) is 16.2. The summed E-state index contributed by atoms with van der Waals surface area (Å²) in [6.07, 6.45) is 1.87. The van der Waals surface area contributed by atoms with Gasteiger partial charge in [0.05, 0.1) is 20.8 Å². The Morgan fingerprint density at radius 1 is 1.17 bits per heavy atom. The Balaban J connectivity index is 2.04. The van der Waals surface area contributed by atoms with E-state index in [1.54, 1.807) is 14.2 Å². The maximum absolute atomic E-state index is 12.6. The van der Waals surface area contributed by atoms with Gasteiger partial charge < -0.3 is 19.5 Å². The molecule has 24 heavy (non-hydrogen) atoms. The highest BCUT2D eigenvalue weighted by Crippen LogP contribution is 2.28. The number of piperazine rings is 1. The molecular formula is C18H26N2O4. The molecule has 1 aliphatic rings. The first-order valence-electron chi connectivity index (χ1n) is 8.12. The van der Waals surface area contributed by atoms with Crippen LogP contribution in [-0.4, -0.2) is 74.4 Å². The molecule has 6 nitrogen and oxygen atoms in total. The quantitative estimate of drug-likeness (QED) is 0.793. The summed E-state index contributed by atoms with van der Waals surface area (Å²) in [5.41, 5.74) is 1.59. The SMILES string of the molecule is COc1ccc(/C=C(\C)C(=O)N2CCN(CCO)CC2)cc1OC. The summed E-state index contributed by atoms with van der Waals surface area (Å²) < 4.78 is 10.5. The van der Waals surface area contributed by atoms with Crippen molar-refractivity contribution in [2.75, 3.05) is 53.6 Å². The van der Waals surface area contributed by atoms with E-state index in [0.29, 0.717) is 36.7 Å². The number of ether oxygens (including phenoxy) is 2. The van der Waals surface area contributed by atoms with Gasteiger partial charge in [-0.2, -0.15) is 0 Å². The maximum atomic E-state index is 12.6. The number of benzene rings is 1. The van der Waals surface area contributed by atoms with Gasteiger partial charge in [-0.1, -0.05) is 6.07 Å². The highest BCUT2D eigenvalue weighted by molar-refractivity contribution is 5.97. The topological polar surface area (TPSA) is 62.2 Å². The molecule has 0 radical (unpaired) electrons. The molecule has 0 unspecified atom stereocenters. The summed E-state index contributed by atoms with van der Waals surface area (Å²) >= 11 is 0. The van der Waals surface area contributed by atoms with Crippen LogP contribution in [0.1, 0.15) is 12.5 Å². The maximum Gasteiger partial charge on any atom is 0.249 e. The Morgan fingerprint density at radius 2 is 1.83 bits per heavy atom. The molecule has 0 aliphatic carbocycles. The molecule has 1 heterocycles. The van der Waals surface area contributed by atoms with Gasteiger partial charge in [-0.25, -0.2) is 0 Å². The van der Waals surface area contributed by atoms with E-state index < -0.39 is 0 Å². The number of β-amino-alcohol motifs (C(OH)–C–C–N with tert-alkyl or cyclic N) is 1. The van der Waals surface area contributed by atoms with Crippen LogP contribution in [-0.2, 0) is 4.79 Å². The zero-order chi connectivity index (χ0) is 17.5. The molecule has 1 aliphatic heterocycles. The van der Waals surface area contributed by atoms with Crippen molar-refractivity contribution in [3.8, 4) is 11.5 Å². The second-order valence-electron chi connectivity index (χ2n) is 5.80. The minimum absolute atomic E-state index is 0.0495. The second-order valence-corrected chi connectivity index (χ2v) is 5.80. The van der Waals surface area contributed by atoms with Crippen molar-refractivity contribution in [1.29, 1.82) is 0 Å². The molecule has 0 spiro atoms. The van der Waals surface area contributed by atoms with Gasteiger partial charge in [0.15, 0.2) is 11.5 Å². The third kappa shape index (κ3) is 4.49. The van der Waals surface area contributed by atoms with E-state index in [2.05, 4.69) is 4.90 Å². The van der Waals surface area contributed by atoms with Crippen molar-refractivity contribution < 1.29 is 19.4 Å². The van der Waals surface area contributed by atoms with Crippen LogP contribution >= 0.6 is 0 Å². The first-order valence-corrected chi connectivity index (χ1v) is 8.12. The third-order valence-electron chi connectivity index (χ3n) is 4.20.